The normalized spacial score (nSPS) is 25.3. The van der Waals surface area contributed by atoms with Crippen molar-refractivity contribution in [2.45, 2.75) is 32.4 Å². The highest BCUT2D eigenvalue weighted by Crippen LogP contribution is 2.30. The Morgan fingerprint density at radius 1 is 1.41 bits per heavy atom. The van der Waals surface area contributed by atoms with E-state index >= 15 is 0 Å². The van der Waals surface area contributed by atoms with Gasteiger partial charge in [-0.15, -0.1) is 0 Å². The summed E-state index contributed by atoms with van der Waals surface area (Å²) in [5, 5.41) is 10.3. The van der Waals surface area contributed by atoms with Crippen molar-refractivity contribution in [3.05, 3.63) is 10.6 Å². The maximum Gasteiger partial charge on any atom is 0.185 e. The molecule has 4 nitrogen and oxygen atoms in total. The van der Waals surface area contributed by atoms with Crippen molar-refractivity contribution in [1.29, 1.82) is 0 Å². The Morgan fingerprint density at radius 2 is 2.29 bits per heavy atom. The minimum atomic E-state index is 0.118. The third-order valence-corrected chi connectivity index (χ3v) is 5.09. The van der Waals surface area contributed by atoms with Crippen molar-refractivity contribution in [3.8, 4) is 0 Å². The average molecular weight is 253 g/mol. The summed E-state index contributed by atoms with van der Waals surface area (Å²) in [5.74, 6) is 0. The van der Waals surface area contributed by atoms with E-state index in [2.05, 4.69) is 14.8 Å². The summed E-state index contributed by atoms with van der Waals surface area (Å²) < 4.78 is 0. The zero-order valence-electron chi connectivity index (χ0n) is 10.2. The third kappa shape index (κ3) is 2.07. The quantitative estimate of drug-likeness (QED) is 0.860. The first kappa shape index (κ1) is 11.4. The molecule has 1 atom stereocenters. The lowest BCUT2D eigenvalue weighted by atomic mass is 10.2. The van der Waals surface area contributed by atoms with E-state index in [1.54, 1.807) is 11.3 Å². The summed E-state index contributed by atoms with van der Waals surface area (Å²) in [5.41, 5.74) is 0.987. The lowest BCUT2D eigenvalue weighted by Crippen LogP contribution is -2.50. The van der Waals surface area contributed by atoms with Crippen LogP contribution in [-0.2, 0) is 6.61 Å². The summed E-state index contributed by atoms with van der Waals surface area (Å²) in [4.78, 5) is 10.6. The van der Waals surface area contributed by atoms with E-state index in [0.29, 0.717) is 0 Å². The van der Waals surface area contributed by atoms with Gasteiger partial charge in [0.15, 0.2) is 5.13 Å². The number of nitrogens with zero attached hydrogens (tertiary/aromatic N) is 3. The predicted octanol–water partition coefficient (Wildman–Crippen LogP) is 1.23. The first-order chi connectivity index (χ1) is 8.28. The van der Waals surface area contributed by atoms with Crippen LogP contribution in [0.5, 0.6) is 0 Å². The molecule has 1 N–H and O–H groups in total. The van der Waals surface area contributed by atoms with Gasteiger partial charge in [-0.1, -0.05) is 11.3 Å². The van der Waals surface area contributed by atoms with Gasteiger partial charge in [-0.2, -0.15) is 0 Å². The SMILES string of the molecule is Cc1nc(N2CCN3CCCC3C2)sc1CO. The summed E-state index contributed by atoms with van der Waals surface area (Å²) >= 11 is 1.65. The number of rotatable bonds is 2. The molecule has 2 aliphatic rings. The van der Waals surface area contributed by atoms with Crippen LogP contribution in [0.4, 0.5) is 5.13 Å². The monoisotopic (exact) mass is 253 g/mol. The molecule has 0 spiro atoms. The van der Waals surface area contributed by atoms with Gasteiger partial charge in [-0.05, 0) is 26.3 Å². The second-order valence-electron chi connectivity index (χ2n) is 4.94. The second kappa shape index (κ2) is 4.55. The van der Waals surface area contributed by atoms with Crippen molar-refractivity contribution in [1.82, 2.24) is 9.88 Å². The predicted molar refractivity (Wildman–Crippen MR) is 69.6 cm³/mol. The third-order valence-electron chi connectivity index (χ3n) is 3.88. The van der Waals surface area contributed by atoms with Crippen LogP contribution in [0.2, 0.25) is 0 Å². The van der Waals surface area contributed by atoms with Crippen LogP contribution in [0.1, 0.15) is 23.4 Å². The summed E-state index contributed by atoms with van der Waals surface area (Å²) in [6.07, 6.45) is 2.67. The van der Waals surface area contributed by atoms with E-state index in [1.165, 1.54) is 19.4 Å². The van der Waals surface area contributed by atoms with Crippen LogP contribution in [0, 0.1) is 6.92 Å². The molecule has 0 saturated carbocycles. The van der Waals surface area contributed by atoms with Crippen molar-refractivity contribution in [3.63, 3.8) is 0 Å². The molecule has 3 rings (SSSR count). The van der Waals surface area contributed by atoms with Crippen LogP contribution in [0.25, 0.3) is 0 Å². The number of piperazine rings is 1. The molecule has 3 heterocycles. The van der Waals surface area contributed by atoms with Crippen molar-refractivity contribution < 1.29 is 5.11 Å². The Balaban J connectivity index is 1.75. The Kier molecular flexibility index (Phi) is 3.06. The summed E-state index contributed by atoms with van der Waals surface area (Å²) in [7, 11) is 0. The van der Waals surface area contributed by atoms with Gasteiger partial charge in [0.25, 0.3) is 0 Å². The Morgan fingerprint density at radius 3 is 3.06 bits per heavy atom. The molecule has 1 aromatic heterocycles. The number of anilines is 1. The fourth-order valence-corrected chi connectivity index (χ4v) is 3.82. The Bertz CT molecular complexity index is 406. The number of hydrogen-bond acceptors (Lipinski definition) is 5. The zero-order valence-corrected chi connectivity index (χ0v) is 11.0. The molecule has 2 saturated heterocycles. The highest BCUT2D eigenvalue weighted by molar-refractivity contribution is 7.15. The van der Waals surface area contributed by atoms with Crippen molar-refractivity contribution in [2.24, 2.45) is 0 Å². The van der Waals surface area contributed by atoms with Gasteiger partial charge in [0.2, 0.25) is 0 Å². The molecule has 0 aliphatic carbocycles. The smallest absolute Gasteiger partial charge is 0.185 e. The van der Waals surface area contributed by atoms with Gasteiger partial charge >= 0.3 is 0 Å². The van der Waals surface area contributed by atoms with Gasteiger partial charge in [-0.25, -0.2) is 4.98 Å². The minimum Gasteiger partial charge on any atom is -0.391 e. The molecule has 17 heavy (non-hydrogen) atoms. The summed E-state index contributed by atoms with van der Waals surface area (Å²) in [6.45, 7) is 6.73. The zero-order chi connectivity index (χ0) is 11.8. The van der Waals surface area contributed by atoms with E-state index < -0.39 is 0 Å². The van der Waals surface area contributed by atoms with E-state index in [-0.39, 0.29) is 6.61 Å². The first-order valence-corrected chi connectivity index (χ1v) is 7.15. The largest absolute Gasteiger partial charge is 0.391 e. The molecule has 5 heteroatoms. The van der Waals surface area contributed by atoms with Crippen LogP contribution >= 0.6 is 11.3 Å². The lowest BCUT2D eigenvalue weighted by molar-refractivity contribution is 0.231. The van der Waals surface area contributed by atoms with E-state index in [1.807, 2.05) is 6.92 Å². The van der Waals surface area contributed by atoms with E-state index in [0.717, 1.165) is 41.4 Å². The van der Waals surface area contributed by atoms with Gasteiger partial charge < -0.3 is 10.0 Å². The van der Waals surface area contributed by atoms with Gasteiger partial charge in [0.1, 0.15) is 0 Å². The Hall–Kier alpha value is -0.650. The van der Waals surface area contributed by atoms with Crippen LogP contribution < -0.4 is 4.90 Å². The van der Waals surface area contributed by atoms with E-state index in [9.17, 15) is 5.11 Å². The van der Waals surface area contributed by atoms with Crippen LogP contribution in [0.15, 0.2) is 0 Å². The molecule has 2 fully saturated rings. The van der Waals surface area contributed by atoms with Gasteiger partial charge in [0.05, 0.1) is 17.2 Å². The van der Waals surface area contributed by atoms with Gasteiger partial charge in [0, 0.05) is 25.7 Å². The lowest BCUT2D eigenvalue weighted by Gasteiger charge is -2.37. The van der Waals surface area contributed by atoms with Crippen LogP contribution in [0.3, 0.4) is 0 Å². The number of aliphatic hydroxyl groups excluding tert-OH is 1. The molecule has 0 amide bonds. The van der Waals surface area contributed by atoms with Crippen molar-refractivity contribution >= 4 is 16.5 Å². The first-order valence-electron chi connectivity index (χ1n) is 6.34. The number of aromatic nitrogens is 1. The number of aryl methyl sites for hydroxylation is 1. The molecule has 0 aromatic carbocycles. The van der Waals surface area contributed by atoms with Crippen molar-refractivity contribution in [2.75, 3.05) is 31.1 Å². The fourth-order valence-electron chi connectivity index (χ4n) is 2.86. The average Bonchev–Trinajstić information content (AvgIpc) is 2.93. The highest BCUT2D eigenvalue weighted by Gasteiger charge is 2.31. The molecule has 2 aliphatic heterocycles. The molecule has 0 radical (unpaired) electrons. The maximum atomic E-state index is 9.22. The fraction of sp³-hybridized carbons (Fsp3) is 0.750. The number of fused-ring (bicyclic) bond motifs is 1. The number of thiazole rings is 1. The summed E-state index contributed by atoms with van der Waals surface area (Å²) in [6, 6.07) is 0.727. The topological polar surface area (TPSA) is 39.6 Å². The van der Waals surface area contributed by atoms with Crippen LogP contribution in [-0.4, -0.2) is 47.2 Å². The molecular weight excluding hydrogens is 234 g/mol. The second-order valence-corrected chi connectivity index (χ2v) is 6.00. The number of aliphatic hydroxyl groups is 1. The van der Waals surface area contributed by atoms with E-state index in [4.69, 9.17) is 0 Å². The standard InChI is InChI=1S/C12H19N3OS/c1-9-11(8-16)17-12(13-9)15-6-5-14-4-2-3-10(14)7-15/h10,16H,2-8H2,1H3. The molecule has 1 aromatic rings. The molecule has 0 bridgehead atoms. The molecular formula is C12H19N3OS. The number of hydrogen-bond donors (Lipinski definition) is 1. The minimum absolute atomic E-state index is 0.118. The Labute approximate surface area is 106 Å². The maximum absolute atomic E-state index is 9.22. The van der Waals surface area contributed by atoms with Gasteiger partial charge in [-0.3, -0.25) is 4.90 Å². The molecule has 94 valence electrons. The highest BCUT2D eigenvalue weighted by atomic mass is 32.1. The molecule has 1 unspecified atom stereocenters.